The van der Waals surface area contributed by atoms with Crippen LogP contribution < -0.4 is 5.32 Å². The fourth-order valence-corrected chi connectivity index (χ4v) is 3.73. The Morgan fingerprint density at radius 3 is 2.85 bits per heavy atom. The smallest absolute Gasteiger partial charge is 0.0738 e. The van der Waals surface area contributed by atoms with E-state index in [0.717, 1.165) is 42.6 Å². The summed E-state index contributed by atoms with van der Waals surface area (Å²) in [4.78, 5) is 0. The van der Waals surface area contributed by atoms with Gasteiger partial charge in [0.25, 0.3) is 0 Å². The molecule has 0 bridgehead atoms. The van der Waals surface area contributed by atoms with Crippen LogP contribution in [0.2, 0.25) is 0 Å². The van der Waals surface area contributed by atoms with Crippen LogP contribution in [0.3, 0.4) is 0 Å². The molecule has 1 saturated heterocycles. The van der Waals surface area contributed by atoms with E-state index in [4.69, 9.17) is 4.74 Å². The van der Waals surface area contributed by atoms with E-state index < -0.39 is 0 Å². The lowest BCUT2D eigenvalue weighted by atomic mass is 9.88. The molecule has 1 aliphatic rings. The van der Waals surface area contributed by atoms with Gasteiger partial charge >= 0.3 is 0 Å². The Morgan fingerprint density at radius 1 is 1.50 bits per heavy atom. The largest absolute Gasteiger partial charge is 0.378 e. The summed E-state index contributed by atoms with van der Waals surface area (Å²) in [6.07, 6.45) is 3.64. The maximum atomic E-state index is 5.85. The maximum Gasteiger partial charge on any atom is 0.0738 e. The molecule has 0 spiro atoms. The van der Waals surface area contributed by atoms with Crippen LogP contribution in [0.5, 0.6) is 0 Å². The fourth-order valence-electron chi connectivity index (χ4n) is 3.29. The fraction of sp³-hybridized carbons (Fsp3) is 0.800. The first kappa shape index (κ1) is 16.0. The number of rotatable bonds is 6. The van der Waals surface area contributed by atoms with Crippen molar-refractivity contribution in [3.05, 3.63) is 15.9 Å². The normalized spacial score (nSPS) is 24.2. The first-order chi connectivity index (χ1) is 9.62. The summed E-state index contributed by atoms with van der Waals surface area (Å²) < 4.78 is 9.12. The SMILES string of the molecule is CCC1OCCC1C(Cc1c(Br)c(C)nn1CC)NC. The van der Waals surface area contributed by atoms with Gasteiger partial charge < -0.3 is 10.1 Å². The van der Waals surface area contributed by atoms with Crippen LogP contribution in [0.4, 0.5) is 0 Å². The van der Waals surface area contributed by atoms with Gasteiger partial charge in [0.2, 0.25) is 0 Å². The van der Waals surface area contributed by atoms with E-state index >= 15 is 0 Å². The lowest BCUT2D eigenvalue weighted by Gasteiger charge is -2.27. The highest BCUT2D eigenvalue weighted by Crippen LogP contribution is 2.30. The summed E-state index contributed by atoms with van der Waals surface area (Å²) >= 11 is 3.70. The third-order valence-electron chi connectivity index (χ3n) is 4.42. The van der Waals surface area contributed by atoms with Crippen molar-refractivity contribution in [2.75, 3.05) is 13.7 Å². The number of hydrogen-bond donors (Lipinski definition) is 1. The third kappa shape index (κ3) is 3.10. The van der Waals surface area contributed by atoms with Crippen LogP contribution in [-0.4, -0.2) is 35.6 Å². The molecule has 1 aromatic rings. The molecule has 1 N–H and O–H groups in total. The van der Waals surface area contributed by atoms with Gasteiger partial charge in [-0.2, -0.15) is 5.10 Å². The number of hydrogen-bond acceptors (Lipinski definition) is 3. The summed E-state index contributed by atoms with van der Waals surface area (Å²) in [5.74, 6) is 0.595. The van der Waals surface area contributed by atoms with E-state index in [1.165, 1.54) is 5.69 Å². The Hall–Kier alpha value is -0.390. The number of likely N-dealkylation sites (N-methyl/N-ethyl adjacent to an activating group) is 1. The minimum Gasteiger partial charge on any atom is -0.378 e. The standard InChI is InChI=1S/C15H26BrN3O/c1-5-14-11(7-8-20-14)12(17-4)9-13-15(16)10(3)18-19(13)6-2/h11-12,14,17H,5-9H2,1-4H3. The zero-order valence-electron chi connectivity index (χ0n) is 12.9. The van der Waals surface area contributed by atoms with Gasteiger partial charge in [0, 0.05) is 31.5 Å². The Balaban J connectivity index is 2.18. The van der Waals surface area contributed by atoms with Gasteiger partial charge in [-0.05, 0) is 49.7 Å². The quantitative estimate of drug-likeness (QED) is 0.863. The van der Waals surface area contributed by atoms with Crippen molar-refractivity contribution in [1.82, 2.24) is 15.1 Å². The van der Waals surface area contributed by atoms with Gasteiger partial charge in [0.1, 0.15) is 0 Å². The van der Waals surface area contributed by atoms with Gasteiger partial charge in [-0.15, -0.1) is 0 Å². The first-order valence-corrected chi connectivity index (χ1v) is 8.42. The molecule has 1 aliphatic heterocycles. The predicted octanol–water partition coefficient (Wildman–Crippen LogP) is 2.92. The van der Waals surface area contributed by atoms with Crippen LogP contribution >= 0.6 is 15.9 Å². The highest BCUT2D eigenvalue weighted by molar-refractivity contribution is 9.10. The molecule has 0 aromatic carbocycles. The molecular formula is C15H26BrN3O. The Morgan fingerprint density at radius 2 is 2.25 bits per heavy atom. The van der Waals surface area contributed by atoms with Crippen molar-refractivity contribution in [3.63, 3.8) is 0 Å². The minimum absolute atomic E-state index is 0.394. The Bertz CT molecular complexity index is 447. The third-order valence-corrected chi connectivity index (χ3v) is 5.45. The molecular weight excluding hydrogens is 318 g/mol. The molecule has 0 radical (unpaired) electrons. The highest BCUT2D eigenvalue weighted by atomic mass is 79.9. The molecule has 1 aromatic heterocycles. The molecule has 3 atom stereocenters. The van der Waals surface area contributed by atoms with Crippen molar-refractivity contribution in [2.45, 2.75) is 58.7 Å². The Kier molecular flexibility index (Phi) is 5.64. The molecule has 5 heteroatoms. The molecule has 20 heavy (non-hydrogen) atoms. The van der Waals surface area contributed by atoms with Crippen LogP contribution in [0.1, 0.15) is 38.1 Å². The molecule has 0 amide bonds. The van der Waals surface area contributed by atoms with Crippen molar-refractivity contribution in [3.8, 4) is 0 Å². The number of aryl methyl sites for hydroxylation is 2. The molecule has 3 unspecified atom stereocenters. The lowest BCUT2D eigenvalue weighted by molar-refractivity contribution is 0.0781. The summed E-state index contributed by atoms with van der Waals surface area (Å²) in [7, 11) is 2.06. The zero-order chi connectivity index (χ0) is 14.7. The van der Waals surface area contributed by atoms with E-state index in [1.807, 2.05) is 0 Å². The van der Waals surface area contributed by atoms with Crippen molar-refractivity contribution in [1.29, 1.82) is 0 Å². The van der Waals surface area contributed by atoms with Crippen LogP contribution in [0.15, 0.2) is 4.47 Å². The highest BCUT2D eigenvalue weighted by Gasteiger charge is 2.33. The maximum absolute atomic E-state index is 5.85. The van der Waals surface area contributed by atoms with Crippen molar-refractivity contribution >= 4 is 15.9 Å². The van der Waals surface area contributed by atoms with Crippen LogP contribution in [0.25, 0.3) is 0 Å². The first-order valence-electron chi connectivity index (χ1n) is 7.62. The molecule has 0 aliphatic carbocycles. The average Bonchev–Trinajstić information content (AvgIpc) is 3.03. The summed E-state index contributed by atoms with van der Waals surface area (Å²) in [6.45, 7) is 8.23. The number of aromatic nitrogens is 2. The number of ether oxygens (including phenoxy) is 1. The Labute approximate surface area is 130 Å². The number of nitrogens with zero attached hydrogens (tertiary/aromatic N) is 2. The van der Waals surface area contributed by atoms with E-state index in [-0.39, 0.29) is 0 Å². The topological polar surface area (TPSA) is 39.1 Å². The summed E-state index contributed by atoms with van der Waals surface area (Å²) in [6, 6.07) is 0.445. The van der Waals surface area contributed by atoms with Crippen LogP contribution in [-0.2, 0) is 17.7 Å². The van der Waals surface area contributed by atoms with Crippen molar-refractivity contribution < 1.29 is 4.74 Å². The van der Waals surface area contributed by atoms with E-state index in [0.29, 0.717) is 18.1 Å². The number of nitrogens with one attached hydrogen (secondary N) is 1. The average molecular weight is 344 g/mol. The number of halogens is 1. The monoisotopic (exact) mass is 343 g/mol. The van der Waals surface area contributed by atoms with Gasteiger partial charge in [0.15, 0.2) is 0 Å². The van der Waals surface area contributed by atoms with Crippen LogP contribution in [0, 0.1) is 12.8 Å². The van der Waals surface area contributed by atoms with Crippen molar-refractivity contribution in [2.24, 2.45) is 5.92 Å². The van der Waals surface area contributed by atoms with Gasteiger partial charge in [-0.1, -0.05) is 6.92 Å². The summed E-state index contributed by atoms with van der Waals surface area (Å²) in [5, 5.41) is 8.10. The van der Waals surface area contributed by atoms with E-state index in [1.54, 1.807) is 0 Å². The van der Waals surface area contributed by atoms with Gasteiger partial charge in [0.05, 0.1) is 22.0 Å². The van der Waals surface area contributed by atoms with Gasteiger partial charge in [-0.25, -0.2) is 0 Å². The van der Waals surface area contributed by atoms with E-state index in [2.05, 4.69) is 58.8 Å². The van der Waals surface area contributed by atoms with E-state index in [9.17, 15) is 0 Å². The minimum atomic E-state index is 0.394. The summed E-state index contributed by atoms with van der Waals surface area (Å²) in [5.41, 5.74) is 2.37. The lowest BCUT2D eigenvalue weighted by Crippen LogP contribution is -2.40. The zero-order valence-corrected chi connectivity index (χ0v) is 14.5. The molecule has 2 rings (SSSR count). The second kappa shape index (κ2) is 7.05. The molecule has 0 saturated carbocycles. The predicted molar refractivity (Wildman–Crippen MR) is 85.0 cm³/mol. The van der Waals surface area contributed by atoms with Gasteiger partial charge in [-0.3, -0.25) is 4.68 Å². The molecule has 4 nitrogen and oxygen atoms in total. The molecule has 2 heterocycles. The molecule has 114 valence electrons. The second-order valence-corrected chi connectivity index (χ2v) is 6.32. The molecule has 1 fully saturated rings. The second-order valence-electron chi connectivity index (χ2n) is 5.53.